The van der Waals surface area contributed by atoms with Gasteiger partial charge in [-0.15, -0.1) is 0 Å². The lowest BCUT2D eigenvalue weighted by Gasteiger charge is -2.26. The number of anilines is 2. The van der Waals surface area contributed by atoms with Crippen molar-refractivity contribution < 1.29 is 13.2 Å². The first kappa shape index (κ1) is 22.5. The molecule has 0 aliphatic carbocycles. The van der Waals surface area contributed by atoms with Crippen LogP contribution in [-0.2, 0) is 16.6 Å². The van der Waals surface area contributed by atoms with Gasteiger partial charge in [-0.1, -0.05) is 12.5 Å². The molecule has 2 N–H and O–H groups in total. The number of aromatic nitrogens is 3. The van der Waals surface area contributed by atoms with E-state index in [4.69, 9.17) is 0 Å². The Morgan fingerprint density at radius 1 is 1.06 bits per heavy atom. The maximum atomic E-state index is 13.1. The molecule has 2 aliphatic heterocycles. The van der Waals surface area contributed by atoms with Crippen LogP contribution >= 0.6 is 0 Å². The molecule has 0 unspecified atom stereocenters. The molecule has 4 heterocycles. The predicted octanol–water partition coefficient (Wildman–Crippen LogP) is 3.22. The third-order valence-electron chi connectivity index (χ3n) is 6.56. The Morgan fingerprint density at radius 2 is 1.85 bits per heavy atom. The van der Waals surface area contributed by atoms with E-state index in [9.17, 15) is 13.2 Å². The van der Waals surface area contributed by atoms with Crippen molar-refractivity contribution in [2.75, 3.05) is 25.0 Å². The number of carbonyl (C=O) groups excluding carboxylic acids is 1. The van der Waals surface area contributed by atoms with E-state index >= 15 is 0 Å². The van der Waals surface area contributed by atoms with Crippen molar-refractivity contribution >= 4 is 27.6 Å². The molecule has 2 aromatic heterocycles. The van der Waals surface area contributed by atoms with Crippen molar-refractivity contribution in [2.45, 2.75) is 44.6 Å². The van der Waals surface area contributed by atoms with E-state index in [1.54, 1.807) is 34.8 Å². The summed E-state index contributed by atoms with van der Waals surface area (Å²) < 4.78 is 29.7. The number of hydrogen-bond donors (Lipinski definition) is 2. The Morgan fingerprint density at radius 3 is 2.62 bits per heavy atom. The molecule has 0 radical (unpaired) electrons. The number of fused-ring (bicyclic) bond motifs is 1. The Hall–Kier alpha value is -3.24. The molecule has 178 valence electrons. The molecule has 0 atom stereocenters. The summed E-state index contributed by atoms with van der Waals surface area (Å²) in [6.07, 6.45) is 4.51. The third kappa shape index (κ3) is 3.97. The Balaban J connectivity index is 1.44. The monoisotopic (exact) mass is 480 g/mol. The number of carbonyl (C=O) groups is 1. The lowest BCUT2D eigenvalue weighted by atomic mass is 10.1. The minimum atomic E-state index is -3.53. The summed E-state index contributed by atoms with van der Waals surface area (Å²) in [4.78, 5) is 21.7. The number of hydrogen-bond acceptors (Lipinski definition) is 6. The van der Waals surface area contributed by atoms with Gasteiger partial charge in [-0.05, 0) is 56.5 Å². The van der Waals surface area contributed by atoms with Gasteiger partial charge in [0, 0.05) is 49.3 Å². The van der Waals surface area contributed by atoms with Crippen LogP contribution < -0.4 is 10.6 Å². The van der Waals surface area contributed by atoms with Crippen LogP contribution in [0.4, 0.5) is 11.6 Å². The lowest BCUT2D eigenvalue weighted by molar-refractivity contribution is 0.0926. The molecule has 1 saturated heterocycles. The molecule has 0 spiro atoms. The van der Waals surface area contributed by atoms with Gasteiger partial charge in [0.05, 0.1) is 10.6 Å². The summed E-state index contributed by atoms with van der Waals surface area (Å²) in [5, 5.41) is 6.05. The van der Waals surface area contributed by atoms with Gasteiger partial charge in [-0.25, -0.2) is 18.4 Å². The molecule has 5 rings (SSSR count). The number of benzene rings is 1. The van der Waals surface area contributed by atoms with Crippen molar-refractivity contribution in [3.63, 3.8) is 0 Å². The van der Waals surface area contributed by atoms with E-state index in [1.807, 2.05) is 24.5 Å². The molecule has 1 aromatic carbocycles. The fraction of sp³-hybridized carbons (Fsp3) is 0.375. The van der Waals surface area contributed by atoms with Gasteiger partial charge in [0.15, 0.2) is 0 Å². The summed E-state index contributed by atoms with van der Waals surface area (Å²) in [6.45, 7) is 6.38. The first-order chi connectivity index (χ1) is 16.4. The minimum Gasteiger partial charge on any atom is -0.349 e. The highest BCUT2D eigenvalue weighted by molar-refractivity contribution is 7.89. The number of nitrogens with one attached hydrogen (secondary N) is 2. The molecule has 2 aliphatic rings. The van der Waals surface area contributed by atoms with E-state index in [0.717, 1.165) is 42.6 Å². The molecule has 1 fully saturated rings. The van der Waals surface area contributed by atoms with Crippen molar-refractivity contribution in [1.29, 1.82) is 0 Å². The molecule has 3 aromatic rings. The van der Waals surface area contributed by atoms with Crippen LogP contribution in [0, 0.1) is 13.8 Å². The number of nitrogens with zero attached hydrogens (tertiary/aromatic N) is 4. The van der Waals surface area contributed by atoms with Crippen LogP contribution in [0.25, 0.3) is 11.3 Å². The average Bonchev–Trinajstić information content (AvgIpc) is 3.11. The van der Waals surface area contributed by atoms with Gasteiger partial charge in [-0.2, -0.15) is 4.31 Å². The molecule has 0 saturated carbocycles. The molecule has 9 nitrogen and oxygen atoms in total. The standard InChI is InChI=1S/C24H28N6O3S/c1-16-21(17(2)30-14-11-25-23(31)22(16)30)20-9-10-26-24(28-20)27-18-7-6-8-19(15-18)34(32,33)29-12-4-3-5-13-29/h6-10,15H,3-5,11-14H2,1-2H3,(H,25,31)(H,26,27,28). The zero-order valence-electron chi connectivity index (χ0n) is 19.3. The lowest BCUT2D eigenvalue weighted by Crippen LogP contribution is -2.35. The first-order valence-corrected chi connectivity index (χ1v) is 13.0. The molecular formula is C24H28N6O3S. The van der Waals surface area contributed by atoms with Crippen molar-refractivity contribution in [2.24, 2.45) is 0 Å². The topological polar surface area (TPSA) is 109 Å². The van der Waals surface area contributed by atoms with Crippen LogP contribution in [0.15, 0.2) is 41.4 Å². The van der Waals surface area contributed by atoms with E-state index in [2.05, 4.69) is 20.6 Å². The van der Waals surface area contributed by atoms with Crippen LogP contribution in [0.1, 0.15) is 41.0 Å². The molecule has 0 bridgehead atoms. The molecular weight excluding hydrogens is 452 g/mol. The number of sulfonamides is 1. The minimum absolute atomic E-state index is 0.0720. The third-order valence-corrected chi connectivity index (χ3v) is 8.45. The molecule has 1 amide bonds. The fourth-order valence-corrected chi connectivity index (χ4v) is 6.45. The van der Waals surface area contributed by atoms with E-state index in [1.165, 1.54) is 0 Å². The maximum absolute atomic E-state index is 13.1. The van der Waals surface area contributed by atoms with E-state index in [-0.39, 0.29) is 10.8 Å². The van der Waals surface area contributed by atoms with Crippen molar-refractivity contribution in [1.82, 2.24) is 24.2 Å². The SMILES string of the molecule is Cc1c(-c2ccnc(Nc3cccc(S(=O)(=O)N4CCCCC4)c3)n2)c(C)n2c1C(=O)NCC2. The zero-order chi connectivity index (χ0) is 23.9. The van der Waals surface area contributed by atoms with Crippen molar-refractivity contribution in [3.8, 4) is 11.3 Å². The van der Waals surface area contributed by atoms with Gasteiger partial charge in [0.1, 0.15) is 5.69 Å². The summed E-state index contributed by atoms with van der Waals surface area (Å²) in [5.41, 5.74) is 4.76. The Labute approximate surface area is 199 Å². The van der Waals surface area contributed by atoms with Crippen LogP contribution in [0.5, 0.6) is 0 Å². The second-order valence-corrected chi connectivity index (χ2v) is 10.7. The summed E-state index contributed by atoms with van der Waals surface area (Å²) in [6, 6.07) is 8.58. The normalized spacial score (nSPS) is 16.7. The summed E-state index contributed by atoms with van der Waals surface area (Å²) >= 11 is 0. The highest BCUT2D eigenvalue weighted by atomic mass is 32.2. The smallest absolute Gasteiger partial charge is 0.268 e. The summed E-state index contributed by atoms with van der Waals surface area (Å²) in [7, 11) is -3.53. The average molecular weight is 481 g/mol. The predicted molar refractivity (Wildman–Crippen MR) is 130 cm³/mol. The second kappa shape index (κ2) is 8.84. The van der Waals surface area contributed by atoms with Gasteiger partial charge in [0.25, 0.3) is 5.91 Å². The van der Waals surface area contributed by atoms with Crippen LogP contribution in [0.2, 0.25) is 0 Å². The van der Waals surface area contributed by atoms with E-state index < -0.39 is 10.0 Å². The number of rotatable bonds is 5. The highest BCUT2D eigenvalue weighted by Crippen LogP contribution is 2.32. The maximum Gasteiger partial charge on any atom is 0.268 e. The quantitative estimate of drug-likeness (QED) is 0.580. The van der Waals surface area contributed by atoms with Gasteiger partial charge < -0.3 is 15.2 Å². The van der Waals surface area contributed by atoms with Gasteiger partial charge in [-0.3, -0.25) is 4.79 Å². The largest absolute Gasteiger partial charge is 0.349 e. The van der Waals surface area contributed by atoms with Gasteiger partial charge in [0.2, 0.25) is 16.0 Å². The van der Waals surface area contributed by atoms with Gasteiger partial charge >= 0.3 is 0 Å². The second-order valence-electron chi connectivity index (χ2n) is 8.72. The van der Waals surface area contributed by atoms with Crippen molar-refractivity contribution in [3.05, 3.63) is 53.5 Å². The first-order valence-electron chi connectivity index (χ1n) is 11.5. The van der Waals surface area contributed by atoms with Crippen LogP contribution in [-0.4, -0.2) is 52.8 Å². The van der Waals surface area contributed by atoms with Crippen LogP contribution in [0.3, 0.4) is 0 Å². The zero-order valence-corrected chi connectivity index (χ0v) is 20.2. The Bertz CT molecular complexity index is 1360. The fourth-order valence-electron chi connectivity index (χ4n) is 4.89. The Kier molecular flexibility index (Phi) is 5.86. The molecule has 34 heavy (non-hydrogen) atoms. The number of piperidine rings is 1. The molecule has 10 heteroatoms. The van der Waals surface area contributed by atoms with E-state index in [0.29, 0.717) is 42.7 Å². The number of amides is 1. The summed E-state index contributed by atoms with van der Waals surface area (Å²) in [5.74, 6) is 0.287. The highest BCUT2D eigenvalue weighted by Gasteiger charge is 2.27.